The van der Waals surface area contributed by atoms with Crippen LogP contribution >= 0.6 is 22.9 Å². The molecule has 8 heteroatoms. The molecule has 1 aliphatic rings. The van der Waals surface area contributed by atoms with Crippen LogP contribution in [-0.2, 0) is 16.7 Å². The average molecular weight is 437 g/mol. The number of methoxy groups -OCH3 is 1. The highest BCUT2D eigenvalue weighted by molar-refractivity contribution is 7.11. The number of halogens is 1. The van der Waals surface area contributed by atoms with E-state index in [0.717, 1.165) is 48.2 Å². The Morgan fingerprint density at radius 1 is 1.34 bits per heavy atom. The van der Waals surface area contributed by atoms with E-state index in [1.165, 1.54) is 4.88 Å². The molecule has 2 aromatic rings. The summed E-state index contributed by atoms with van der Waals surface area (Å²) in [6.45, 7) is 7.61. The summed E-state index contributed by atoms with van der Waals surface area (Å²) in [6, 6.07) is 5.83. The van der Waals surface area contributed by atoms with Gasteiger partial charge in [0.1, 0.15) is 10.8 Å². The predicted molar refractivity (Wildman–Crippen MR) is 119 cm³/mol. The summed E-state index contributed by atoms with van der Waals surface area (Å²) in [5.41, 5.74) is 0.984. The number of nitrogens with one attached hydrogen (secondary N) is 2. The van der Waals surface area contributed by atoms with Crippen LogP contribution in [0.2, 0.25) is 5.02 Å². The van der Waals surface area contributed by atoms with Crippen LogP contribution in [0.3, 0.4) is 0 Å². The van der Waals surface area contributed by atoms with Gasteiger partial charge in [0.05, 0.1) is 13.7 Å². The SMILES string of the molecule is CCNC(=NCc1ncc(C)s1)NCC1(c2cc(Cl)ccc2OC)CCOCC1. The highest BCUT2D eigenvalue weighted by Crippen LogP contribution is 2.40. The Kier molecular flexibility index (Phi) is 7.75. The van der Waals surface area contributed by atoms with E-state index in [2.05, 4.69) is 29.5 Å². The van der Waals surface area contributed by atoms with Gasteiger partial charge in [0.25, 0.3) is 0 Å². The Labute approximate surface area is 181 Å². The Morgan fingerprint density at radius 3 is 2.79 bits per heavy atom. The van der Waals surface area contributed by atoms with Crippen molar-refractivity contribution in [1.82, 2.24) is 15.6 Å². The molecule has 29 heavy (non-hydrogen) atoms. The molecule has 0 saturated carbocycles. The first-order valence-corrected chi connectivity index (χ1v) is 11.1. The van der Waals surface area contributed by atoms with Gasteiger partial charge >= 0.3 is 0 Å². The molecule has 2 heterocycles. The number of rotatable bonds is 7. The maximum atomic E-state index is 6.34. The van der Waals surface area contributed by atoms with Crippen molar-refractivity contribution >= 4 is 28.9 Å². The minimum absolute atomic E-state index is 0.136. The van der Waals surface area contributed by atoms with Crippen LogP contribution in [0.25, 0.3) is 0 Å². The second-order valence-electron chi connectivity index (χ2n) is 7.15. The molecule has 0 unspecified atom stereocenters. The van der Waals surface area contributed by atoms with Crippen molar-refractivity contribution in [1.29, 1.82) is 0 Å². The summed E-state index contributed by atoms with van der Waals surface area (Å²) >= 11 is 8.01. The summed E-state index contributed by atoms with van der Waals surface area (Å²) in [6.07, 6.45) is 3.67. The minimum atomic E-state index is -0.136. The van der Waals surface area contributed by atoms with Gasteiger partial charge in [-0.2, -0.15) is 0 Å². The van der Waals surface area contributed by atoms with Crippen molar-refractivity contribution in [2.45, 2.75) is 38.6 Å². The topological polar surface area (TPSA) is 67.8 Å². The van der Waals surface area contributed by atoms with Crippen LogP contribution in [0.5, 0.6) is 5.75 Å². The molecule has 0 atom stereocenters. The Balaban J connectivity index is 1.81. The monoisotopic (exact) mass is 436 g/mol. The molecule has 158 valence electrons. The van der Waals surface area contributed by atoms with Crippen molar-refractivity contribution in [3.8, 4) is 5.75 Å². The third-order valence-corrected chi connectivity index (χ3v) is 6.30. The molecular formula is C21H29ClN4O2S. The number of benzene rings is 1. The number of guanidine groups is 1. The van der Waals surface area contributed by atoms with E-state index >= 15 is 0 Å². The van der Waals surface area contributed by atoms with Crippen LogP contribution in [0.15, 0.2) is 29.4 Å². The van der Waals surface area contributed by atoms with Gasteiger partial charge in [0, 0.05) is 53.4 Å². The van der Waals surface area contributed by atoms with Gasteiger partial charge in [0.15, 0.2) is 5.96 Å². The molecule has 0 bridgehead atoms. The molecule has 6 nitrogen and oxygen atoms in total. The number of aliphatic imine (C=N–C) groups is 1. The predicted octanol–water partition coefficient (Wildman–Crippen LogP) is 3.92. The molecule has 0 aliphatic carbocycles. The van der Waals surface area contributed by atoms with E-state index in [9.17, 15) is 0 Å². The van der Waals surface area contributed by atoms with Crippen molar-refractivity contribution in [2.24, 2.45) is 4.99 Å². The van der Waals surface area contributed by atoms with E-state index < -0.39 is 0 Å². The average Bonchev–Trinajstić information content (AvgIpc) is 3.16. The van der Waals surface area contributed by atoms with E-state index in [1.807, 2.05) is 24.4 Å². The third kappa shape index (κ3) is 5.62. The maximum absolute atomic E-state index is 6.34. The van der Waals surface area contributed by atoms with E-state index in [4.69, 9.17) is 26.1 Å². The van der Waals surface area contributed by atoms with Gasteiger partial charge in [-0.15, -0.1) is 11.3 Å². The van der Waals surface area contributed by atoms with Crippen LogP contribution in [-0.4, -0.2) is 44.4 Å². The first kappa shape index (κ1) is 21.9. The fourth-order valence-electron chi connectivity index (χ4n) is 3.61. The zero-order chi connectivity index (χ0) is 20.7. The zero-order valence-electron chi connectivity index (χ0n) is 17.3. The fourth-order valence-corrected chi connectivity index (χ4v) is 4.50. The van der Waals surface area contributed by atoms with Gasteiger partial charge in [0.2, 0.25) is 0 Å². The number of hydrogen-bond donors (Lipinski definition) is 2. The number of thiazole rings is 1. The highest BCUT2D eigenvalue weighted by atomic mass is 35.5. The van der Waals surface area contributed by atoms with Crippen LogP contribution in [0, 0.1) is 6.92 Å². The molecule has 0 amide bonds. The van der Waals surface area contributed by atoms with Crippen molar-refractivity contribution in [3.63, 3.8) is 0 Å². The molecule has 1 aromatic heterocycles. The molecular weight excluding hydrogens is 408 g/mol. The molecule has 0 spiro atoms. The fraction of sp³-hybridized carbons (Fsp3) is 0.524. The highest BCUT2D eigenvalue weighted by Gasteiger charge is 2.37. The number of ether oxygens (including phenoxy) is 2. The first-order valence-electron chi connectivity index (χ1n) is 9.91. The molecule has 0 radical (unpaired) electrons. The van der Waals surface area contributed by atoms with Crippen LogP contribution < -0.4 is 15.4 Å². The standard InChI is InChI=1S/C21H29ClN4O2S/c1-4-23-20(25-13-19-24-12-15(2)29-19)26-14-21(7-9-28-10-8-21)17-11-16(22)5-6-18(17)27-3/h5-6,11-12H,4,7-10,13-14H2,1-3H3,(H2,23,25,26). The number of aromatic nitrogens is 1. The lowest BCUT2D eigenvalue weighted by atomic mass is 9.73. The molecule has 2 N–H and O–H groups in total. The van der Waals surface area contributed by atoms with Gasteiger partial charge in [-0.1, -0.05) is 11.6 Å². The molecule has 1 fully saturated rings. The smallest absolute Gasteiger partial charge is 0.191 e. The second-order valence-corrected chi connectivity index (χ2v) is 8.91. The maximum Gasteiger partial charge on any atom is 0.191 e. The lowest BCUT2D eigenvalue weighted by molar-refractivity contribution is 0.0505. The number of aryl methyl sites for hydroxylation is 1. The molecule has 1 aromatic carbocycles. The minimum Gasteiger partial charge on any atom is -0.496 e. The summed E-state index contributed by atoms with van der Waals surface area (Å²) in [4.78, 5) is 10.3. The third-order valence-electron chi connectivity index (χ3n) is 5.16. The Morgan fingerprint density at radius 2 is 2.14 bits per heavy atom. The van der Waals surface area contributed by atoms with Crippen molar-refractivity contribution in [2.75, 3.05) is 33.4 Å². The Hall–Kier alpha value is -1.83. The Bertz CT molecular complexity index is 834. The molecule has 3 rings (SSSR count). The largest absolute Gasteiger partial charge is 0.496 e. The van der Waals surface area contributed by atoms with Gasteiger partial charge < -0.3 is 20.1 Å². The van der Waals surface area contributed by atoms with Crippen LogP contribution in [0.4, 0.5) is 0 Å². The van der Waals surface area contributed by atoms with Gasteiger partial charge in [-0.05, 0) is 44.9 Å². The van der Waals surface area contributed by atoms with Crippen molar-refractivity contribution in [3.05, 3.63) is 44.9 Å². The summed E-state index contributed by atoms with van der Waals surface area (Å²) in [5, 5.41) is 8.60. The van der Waals surface area contributed by atoms with E-state index in [1.54, 1.807) is 18.4 Å². The van der Waals surface area contributed by atoms with Gasteiger partial charge in [-0.3, -0.25) is 0 Å². The number of nitrogens with zero attached hydrogens (tertiary/aromatic N) is 2. The quantitative estimate of drug-likeness (QED) is 0.508. The lowest BCUT2D eigenvalue weighted by Crippen LogP contribution is -2.48. The van der Waals surface area contributed by atoms with E-state index in [-0.39, 0.29) is 5.41 Å². The van der Waals surface area contributed by atoms with E-state index in [0.29, 0.717) is 24.8 Å². The first-order chi connectivity index (χ1) is 14.1. The molecule has 1 saturated heterocycles. The summed E-state index contributed by atoms with van der Waals surface area (Å²) in [5.74, 6) is 1.64. The zero-order valence-corrected chi connectivity index (χ0v) is 18.8. The van der Waals surface area contributed by atoms with Crippen molar-refractivity contribution < 1.29 is 9.47 Å². The second kappa shape index (κ2) is 10.3. The normalized spacial score (nSPS) is 16.5. The molecule has 1 aliphatic heterocycles. The summed E-state index contributed by atoms with van der Waals surface area (Å²) in [7, 11) is 1.70. The number of hydrogen-bond acceptors (Lipinski definition) is 5. The van der Waals surface area contributed by atoms with Gasteiger partial charge in [-0.25, -0.2) is 9.98 Å². The lowest BCUT2D eigenvalue weighted by Gasteiger charge is -2.39. The summed E-state index contributed by atoms with van der Waals surface area (Å²) < 4.78 is 11.3. The van der Waals surface area contributed by atoms with Crippen LogP contribution in [0.1, 0.15) is 35.2 Å².